The molecule has 1 fully saturated rings. The van der Waals surface area contributed by atoms with E-state index in [1.807, 2.05) is 41.3 Å². The van der Waals surface area contributed by atoms with Crippen LogP contribution in [0.15, 0.2) is 78.9 Å². The van der Waals surface area contributed by atoms with Crippen LogP contribution in [0.25, 0.3) is 11.0 Å². The molecule has 5 nitrogen and oxygen atoms in total. The van der Waals surface area contributed by atoms with Crippen molar-refractivity contribution < 1.29 is 4.79 Å². The number of benzene rings is 3. The van der Waals surface area contributed by atoms with E-state index in [-0.39, 0.29) is 5.91 Å². The third-order valence-electron chi connectivity index (χ3n) is 6.20. The van der Waals surface area contributed by atoms with Crippen LogP contribution in [0, 0.1) is 6.92 Å². The van der Waals surface area contributed by atoms with Crippen LogP contribution in [-0.4, -0.2) is 51.4 Å². The highest BCUT2D eigenvalue weighted by Gasteiger charge is 2.23. The van der Waals surface area contributed by atoms with Gasteiger partial charge in [0.2, 0.25) is 0 Å². The van der Waals surface area contributed by atoms with E-state index in [0.29, 0.717) is 0 Å². The summed E-state index contributed by atoms with van der Waals surface area (Å²) in [4.78, 5) is 22.1. The van der Waals surface area contributed by atoms with Crippen LogP contribution in [0.5, 0.6) is 0 Å². The molecule has 4 aromatic rings. The Hall–Kier alpha value is -3.44. The molecule has 0 saturated carbocycles. The largest absolute Gasteiger partial charge is 0.336 e. The lowest BCUT2D eigenvalue weighted by Gasteiger charge is -2.34. The normalized spacial score (nSPS) is 14.7. The van der Waals surface area contributed by atoms with Gasteiger partial charge in [-0.15, -0.1) is 0 Å². The minimum absolute atomic E-state index is 0.122. The number of rotatable bonds is 5. The van der Waals surface area contributed by atoms with Crippen molar-refractivity contribution in [1.82, 2.24) is 19.4 Å². The molecule has 5 rings (SSSR count). The van der Waals surface area contributed by atoms with Crippen LogP contribution in [0.2, 0.25) is 0 Å². The van der Waals surface area contributed by atoms with E-state index >= 15 is 0 Å². The lowest BCUT2D eigenvalue weighted by atomic mass is 10.1. The minimum Gasteiger partial charge on any atom is -0.336 e. The van der Waals surface area contributed by atoms with Crippen molar-refractivity contribution in [3.63, 3.8) is 0 Å². The Labute approximate surface area is 188 Å². The molecule has 0 unspecified atom stereocenters. The number of hydrogen-bond donors (Lipinski definition) is 0. The maximum atomic E-state index is 12.8. The number of piperazine rings is 1. The molecule has 5 heteroatoms. The summed E-state index contributed by atoms with van der Waals surface area (Å²) < 4.78 is 2.34. The molecule has 0 radical (unpaired) electrons. The third kappa shape index (κ3) is 4.30. The molecule has 0 N–H and O–H groups in total. The number of imidazole rings is 1. The quantitative estimate of drug-likeness (QED) is 0.478. The van der Waals surface area contributed by atoms with Gasteiger partial charge in [0.05, 0.1) is 17.6 Å². The van der Waals surface area contributed by atoms with Crippen molar-refractivity contribution in [1.29, 1.82) is 0 Å². The molecule has 162 valence electrons. The van der Waals surface area contributed by atoms with Gasteiger partial charge in [-0.05, 0) is 36.8 Å². The van der Waals surface area contributed by atoms with Crippen molar-refractivity contribution in [3.05, 3.63) is 101 Å². The number of aromatic nitrogens is 2. The predicted molar refractivity (Wildman–Crippen MR) is 128 cm³/mol. The molecular formula is C27H28N4O. The molecule has 2 heterocycles. The fourth-order valence-electron chi connectivity index (χ4n) is 4.49. The summed E-state index contributed by atoms with van der Waals surface area (Å²) in [6.07, 6.45) is 0. The van der Waals surface area contributed by atoms with Crippen LogP contribution in [0.1, 0.15) is 27.3 Å². The summed E-state index contributed by atoms with van der Waals surface area (Å²) in [5, 5.41) is 0. The number of para-hydroxylation sites is 2. The Bertz CT molecular complexity index is 1220. The zero-order valence-electron chi connectivity index (χ0n) is 18.4. The van der Waals surface area contributed by atoms with Crippen molar-refractivity contribution in [2.75, 3.05) is 26.2 Å². The smallest absolute Gasteiger partial charge is 0.253 e. The van der Waals surface area contributed by atoms with Gasteiger partial charge in [-0.1, -0.05) is 60.2 Å². The van der Waals surface area contributed by atoms with Crippen molar-refractivity contribution in [2.24, 2.45) is 0 Å². The van der Waals surface area contributed by atoms with Gasteiger partial charge in [0.1, 0.15) is 5.82 Å². The predicted octanol–water partition coefficient (Wildman–Crippen LogP) is 4.35. The summed E-state index contributed by atoms with van der Waals surface area (Å²) >= 11 is 0. The fraction of sp³-hybridized carbons (Fsp3) is 0.259. The first-order chi connectivity index (χ1) is 15.7. The molecule has 1 aromatic heterocycles. The highest BCUT2D eigenvalue weighted by molar-refractivity contribution is 5.94. The summed E-state index contributed by atoms with van der Waals surface area (Å²) in [5.74, 6) is 1.20. The molecule has 1 saturated heterocycles. The van der Waals surface area contributed by atoms with E-state index in [9.17, 15) is 4.79 Å². The molecule has 32 heavy (non-hydrogen) atoms. The molecule has 1 amide bonds. The molecular weight excluding hydrogens is 396 g/mol. The van der Waals surface area contributed by atoms with Crippen LogP contribution in [0.3, 0.4) is 0 Å². The second-order valence-electron chi connectivity index (χ2n) is 8.53. The number of fused-ring (bicyclic) bond motifs is 1. The highest BCUT2D eigenvalue weighted by atomic mass is 16.2. The second-order valence-corrected chi connectivity index (χ2v) is 8.53. The zero-order valence-corrected chi connectivity index (χ0v) is 18.4. The number of amides is 1. The van der Waals surface area contributed by atoms with Gasteiger partial charge in [0.15, 0.2) is 0 Å². The van der Waals surface area contributed by atoms with Crippen molar-refractivity contribution in [3.8, 4) is 0 Å². The zero-order chi connectivity index (χ0) is 21.9. The van der Waals surface area contributed by atoms with Crippen molar-refractivity contribution in [2.45, 2.75) is 20.0 Å². The first-order valence-electron chi connectivity index (χ1n) is 11.2. The van der Waals surface area contributed by atoms with E-state index in [1.54, 1.807) is 0 Å². The molecule has 3 aromatic carbocycles. The maximum absolute atomic E-state index is 12.8. The summed E-state index contributed by atoms with van der Waals surface area (Å²) in [5.41, 5.74) is 5.52. The highest BCUT2D eigenvalue weighted by Crippen LogP contribution is 2.20. The van der Waals surface area contributed by atoms with E-state index in [4.69, 9.17) is 4.98 Å². The standard InChI is InChI=1S/C27H28N4O/c1-21-8-7-9-22(18-21)19-31-25-13-6-5-12-24(25)28-26(31)20-29-14-16-30(17-15-29)27(32)23-10-3-2-4-11-23/h2-13,18H,14-17,19-20H2,1H3. The molecule has 0 spiro atoms. The average molecular weight is 425 g/mol. The maximum Gasteiger partial charge on any atom is 0.253 e. The number of carbonyl (C=O) groups excluding carboxylic acids is 1. The molecule has 0 atom stereocenters. The Morgan fingerprint density at radius 3 is 2.38 bits per heavy atom. The molecule has 0 bridgehead atoms. The van der Waals surface area contributed by atoms with E-state index in [0.717, 1.165) is 56.2 Å². The average Bonchev–Trinajstić information content (AvgIpc) is 3.16. The summed E-state index contributed by atoms with van der Waals surface area (Å²) in [6.45, 7) is 6.92. The summed E-state index contributed by atoms with van der Waals surface area (Å²) in [7, 11) is 0. The van der Waals surface area contributed by atoms with Gasteiger partial charge in [-0.25, -0.2) is 4.98 Å². The Kier molecular flexibility index (Phi) is 5.73. The SMILES string of the molecule is Cc1cccc(Cn2c(CN3CCN(C(=O)c4ccccc4)CC3)nc3ccccc32)c1. The topological polar surface area (TPSA) is 41.4 Å². The first-order valence-corrected chi connectivity index (χ1v) is 11.2. The molecule has 1 aliphatic heterocycles. The van der Waals surface area contributed by atoms with Gasteiger partial charge < -0.3 is 9.47 Å². The molecule has 1 aliphatic rings. The first kappa shape index (κ1) is 20.5. The molecule has 0 aliphatic carbocycles. The van der Waals surface area contributed by atoms with E-state index in [1.165, 1.54) is 16.6 Å². The summed E-state index contributed by atoms with van der Waals surface area (Å²) in [6, 6.07) is 26.6. The van der Waals surface area contributed by atoms with Gasteiger partial charge in [0.25, 0.3) is 5.91 Å². The number of nitrogens with zero attached hydrogens (tertiary/aromatic N) is 4. The van der Waals surface area contributed by atoms with Crippen LogP contribution in [-0.2, 0) is 13.1 Å². The Balaban J connectivity index is 1.32. The lowest BCUT2D eigenvalue weighted by Crippen LogP contribution is -2.48. The number of hydrogen-bond acceptors (Lipinski definition) is 3. The van der Waals surface area contributed by atoms with Gasteiger partial charge in [-0.2, -0.15) is 0 Å². The Morgan fingerprint density at radius 2 is 1.59 bits per heavy atom. The lowest BCUT2D eigenvalue weighted by molar-refractivity contribution is 0.0624. The van der Waals surface area contributed by atoms with E-state index < -0.39 is 0 Å². The Morgan fingerprint density at radius 1 is 0.844 bits per heavy atom. The number of carbonyl (C=O) groups is 1. The van der Waals surface area contributed by atoms with Gasteiger partial charge in [0, 0.05) is 38.3 Å². The second kappa shape index (κ2) is 8.97. The van der Waals surface area contributed by atoms with Gasteiger partial charge in [-0.3, -0.25) is 9.69 Å². The monoisotopic (exact) mass is 424 g/mol. The van der Waals surface area contributed by atoms with Crippen molar-refractivity contribution >= 4 is 16.9 Å². The number of aryl methyl sites for hydroxylation is 1. The van der Waals surface area contributed by atoms with Gasteiger partial charge >= 0.3 is 0 Å². The fourth-order valence-corrected chi connectivity index (χ4v) is 4.49. The van der Waals surface area contributed by atoms with Crippen LogP contribution < -0.4 is 0 Å². The minimum atomic E-state index is 0.122. The van der Waals surface area contributed by atoms with Crippen LogP contribution in [0.4, 0.5) is 0 Å². The van der Waals surface area contributed by atoms with E-state index in [2.05, 4.69) is 58.9 Å². The van der Waals surface area contributed by atoms with Crippen LogP contribution >= 0.6 is 0 Å². The third-order valence-corrected chi connectivity index (χ3v) is 6.20.